The van der Waals surface area contributed by atoms with Gasteiger partial charge < -0.3 is 5.32 Å². The van der Waals surface area contributed by atoms with Crippen molar-refractivity contribution in [1.29, 1.82) is 0 Å². The van der Waals surface area contributed by atoms with Crippen LogP contribution in [0.25, 0.3) is 0 Å². The second-order valence-electron chi connectivity index (χ2n) is 5.13. The summed E-state index contributed by atoms with van der Waals surface area (Å²) in [6.45, 7) is 6.03. The lowest BCUT2D eigenvalue weighted by atomic mass is 10.1. The maximum atomic E-state index is 11.1. The molecule has 0 fully saturated rings. The molecule has 2 aromatic rings. The Balaban J connectivity index is 2.14. The van der Waals surface area contributed by atoms with Gasteiger partial charge in [0.2, 0.25) is 0 Å². The molecule has 21 heavy (non-hydrogen) atoms. The van der Waals surface area contributed by atoms with Crippen LogP contribution in [0, 0.1) is 24.0 Å². The van der Waals surface area contributed by atoms with E-state index in [4.69, 9.17) is 0 Å². The summed E-state index contributed by atoms with van der Waals surface area (Å²) in [5, 5.41) is 14.5. The smallest absolute Gasteiger partial charge is 0.278 e. The van der Waals surface area contributed by atoms with Crippen LogP contribution < -0.4 is 5.32 Å². The number of hydrogen-bond acceptors (Lipinski definition) is 4. The van der Waals surface area contributed by atoms with Crippen LogP contribution in [0.15, 0.2) is 36.5 Å². The lowest BCUT2D eigenvalue weighted by molar-refractivity contribution is -0.386. The van der Waals surface area contributed by atoms with E-state index in [0.717, 1.165) is 5.69 Å². The van der Waals surface area contributed by atoms with Gasteiger partial charge in [0.15, 0.2) is 0 Å². The van der Waals surface area contributed by atoms with Crippen LogP contribution in [0.2, 0.25) is 0 Å². The summed E-state index contributed by atoms with van der Waals surface area (Å²) in [6, 6.07) is 10.2. The fourth-order valence-electron chi connectivity index (χ4n) is 2.33. The van der Waals surface area contributed by atoms with E-state index >= 15 is 0 Å². The number of nitrogens with zero attached hydrogens (tertiary/aromatic N) is 2. The summed E-state index contributed by atoms with van der Waals surface area (Å²) in [5.74, 6) is 0. The molecule has 5 heteroatoms. The van der Waals surface area contributed by atoms with Crippen molar-refractivity contribution in [2.24, 2.45) is 0 Å². The minimum absolute atomic E-state index is 0.160. The van der Waals surface area contributed by atoms with Gasteiger partial charge in [-0.25, -0.2) is 0 Å². The molecule has 2 rings (SSSR count). The van der Waals surface area contributed by atoms with Crippen molar-refractivity contribution in [2.75, 3.05) is 0 Å². The van der Waals surface area contributed by atoms with Gasteiger partial charge in [0.1, 0.15) is 0 Å². The third-order valence-electron chi connectivity index (χ3n) is 3.63. The Kier molecular flexibility index (Phi) is 4.65. The minimum Gasteiger partial charge on any atom is -0.305 e. The van der Waals surface area contributed by atoms with Crippen molar-refractivity contribution in [1.82, 2.24) is 10.3 Å². The van der Waals surface area contributed by atoms with Crippen LogP contribution in [0.1, 0.15) is 35.3 Å². The summed E-state index contributed by atoms with van der Waals surface area (Å²) >= 11 is 0. The Labute approximate surface area is 124 Å². The van der Waals surface area contributed by atoms with Crippen LogP contribution in [0.3, 0.4) is 0 Å². The SMILES string of the molecule is Cc1cnc(CNC(C)c2ccccc2)c(C)c1[N+](=O)[O-]. The van der Waals surface area contributed by atoms with Crippen molar-refractivity contribution in [3.05, 3.63) is 69.0 Å². The van der Waals surface area contributed by atoms with Crippen molar-refractivity contribution >= 4 is 5.69 Å². The van der Waals surface area contributed by atoms with Gasteiger partial charge in [-0.1, -0.05) is 30.3 Å². The standard InChI is InChI=1S/C16H19N3O2/c1-11-9-18-15(12(2)16(11)19(20)21)10-17-13(3)14-7-5-4-6-8-14/h4-9,13,17H,10H2,1-3H3. The van der Waals surface area contributed by atoms with Gasteiger partial charge in [-0.15, -0.1) is 0 Å². The molecular formula is C16H19N3O2. The Morgan fingerprint density at radius 2 is 1.95 bits per heavy atom. The predicted molar refractivity (Wildman–Crippen MR) is 82.1 cm³/mol. The molecule has 0 saturated carbocycles. The third kappa shape index (κ3) is 3.44. The number of pyridine rings is 1. The molecule has 1 aromatic carbocycles. The van der Waals surface area contributed by atoms with Gasteiger partial charge in [-0.2, -0.15) is 0 Å². The normalized spacial score (nSPS) is 12.1. The fourth-order valence-corrected chi connectivity index (χ4v) is 2.33. The van der Waals surface area contributed by atoms with E-state index in [-0.39, 0.29) is 16.7 Å². The van der Waals surface area contributed by atoms with E-state index in [2.05, 4.69) is 29.4 Å². The van der Waals surface area contributed by atoms with Crippen LogP contribution in [-0.4, -0.2) is 9.91 Å². The topological polar surface area (TPSA) is 68.1 Å². The van der Waals surface area contributed by atoms with Gasteiger partial charge in [0, 0.05) is 29.9 Å². The molecule has 0 radical (unpaired) electrons. The van der Waals surface area contributed by atoms with Gasteiger partial charge >= 0.3 is 0 Å². The first-order valence-electron chi connectivity index (χ1n) is 6.88. The highest BCUT2D eigenvalue weighted by Gasteiger charge is 2.18. The molecule has 0 bridgehead atoms. The first-order valence-corrected chi connectivity index (χ1v) is 6.88. The van der Waals surface area contributed by atoms with E-state index in [0.29, 0.717) is 17.7 Å². The molecule has 1 aromatic heterocycles. The number of hydrogen-bond donors (Lipinski definition) is 1. The molecule has 0 amide bonds. The second kappa shape index (κ2) is 6.45. The number of benzene rings is 1. The molecule has 0 aliphatic rings. The second-order valence-corrected chi connectivity index (χ2v) is 5.13. The average Bonchev–Trinajstić information content (AvgIpc) is 2.46. The molecule has 1 heterocycles. The van der Waals surface area contributed by atoms with Crippen LogP contribution in [-0.2, 0) is 6.54 Å². The lowest BCUT2D eigenvalue weighted by Gasteiger charge is -2.15. The van der Waals surface area contributed by atoms with E-state index < -0.39 is 0 Å². The van der Waals surface area contributed by atoms with Crippen molar-refractivity contribution in [3.63, 3.8) is 0 Å². The first-order chi connectivity index (χ1) is 10.0. The Hall–Kier alpha value is -2.27. The summed E-state index contributed by atoms with van der Waals surface area (Å²) in [4.78, 5) is 15.1. The minimum atomic E-state index is -0.337. The van der Waals surface area contributed by atoms with E-state index in [1.54, 1.807) is 20.0 Å². The summed E-state index contributed by atoms with van der Waals surface area (Å²) < 4.78 is 0. The van der Waals surface area contributed by atoms with Crippen molar-refractivity contribution < 1.29 is 4.92 Å². The summed E-state index contributed by atoms with van der Waals surface area (Å²) in [6.07, 6.45) is 1.56. The molecule has 110 valence electrons. The summed E-state index contributed by atoms with van der Waals surface area (Å²) in [7, 11) is 0. The highest BCUT2D eigenvalue weighted by molar-refractivity contribution is 5.47. The monoisotopic (exact) mass is 285 g/mol. The molecule has 0 aliphatic heterocycles. The van der Waals surface area contributed by atoms with Crippen LogP contribution in [0.5, 0.6) is 0 Å². The highest BCUT2D eigenvalue weighted by Crippen LogP contribution is 2.24. The molecule has 1 N–H and O–H groups in total. The number of nitrogens with one attached hydrogen (secondary N) is 1. The quantitative estimate of drug-likeness (QED) is 0.674. The molecule has 1 unspecified atom stereocenters. The Morgan fingerprint density at radius 3 is 2.57 bits per heavy atom. The first kappa shape index (κ1) is 15.1. The number of aryl methyl sites for hydroxylation is 1. The zero-order valence-corrected chi connectivity index (χ0v) is 12.5. The fraction of sp³-hybridized carbons (Fsp3) is 0.312. The third-order valence-corrected chi connectivity index (χ3v) is 3.63. The zero-order valence-electron chi connectivity index (χ0n) is 12.5. The molecule has 0 aliphatic carbocycles. The molecule has 1 atom stereocenters. The van der Waals surface area contributed by atoms with Gasteiger partial charge in [0.25, 0.3) is 5.69 Å². The highest BCUT2D eigenvalue weighted by atomic mass is 16.6. The van der Waals surface area contributed by atoms with Gasteiger partial charge in [-0.05, 0) is 26.3 Å². The number of aromatic nitrogens is 1. The van der Waals surface area contributed by atoms with E-state index in [9.17, 15) is 10.1 Å². The molecule has 5 nitrogen and oxygen atoms in total. The maximum Gasteiger partial charge on any atom is 0.278 e. The van der Waals surface area contributed by atoms with Gasteiger partial charge in [-0.3, -0.25) is 15.1 Å². The van der Waals surface area contributed by atoms with Gasteiger partial charge in [0.05, 0.1) is 10.6 Å². The van der Waals surface area contributed by atoms with Crippen LogP contribution >= 0.6 is 0 Å². The number of nitro groups is 1. The van der Waals surface area contributed by atoms with E-state index in [1.165, 1.54) is 5.56 Å². The lowest BCUT2D eigenvalue weighted by Crippen LogP contribution is -2.19. The van der Waals surface area contributed by atoms with E-state index in [1.807, 2.05) is 18.2 Å². The van der Waals surface area contributed by atoms with Crippen molar-refractivity contribution in [2.45, 2.75) is 33.4 Å². The molecular weight excluding hydrogens is 266 g/mol. The molecule has 0 saturated heterocycles. The zero-order chi connectivity index (χ0) is 15.4. The Bertz CT molecular complexity index is 641. The summed E-state index contributed by atoms with van der Waals surface area (Å²) in [5.41, 5.74) is 3.28. The van der Waals surface area contributed by atoms with Crippen LogP contribution in [0.4, 0.5) is 5.69 Å². The average molecular weight is 285 g/mol. The predicted octanol–water partition coefficient (Wildman–Crippen LogP) is 3.46. The Morgan fingerprint density at radius 1 is 1.29 bits per heavy atom. The number of rotatable bonds is 5. The largest absolute Gasteiger partial charge is 0.305 e. The molecule has 0 spiro atoms. The van der Waals surface area contributed by atoms with Crippen molar-refractivity contribution in [3.8, 4) is 0 Å². The maximum absolute atomic E-state index is 11.1.